The predicted octanol–water partition coefficient (Wildman–Crippen LogP) is 3.05. The molecule has 0 aliphatic rings. The van der Waals surface area contributed by atoms with Gasteiger partial charge in [0.15, 0.2) is 0 Å². The fourth-order valence-electron chi connectivity index (χ4n) is 1.82. The normalized spacial score (nSPS) is 10.6. The van der Waals surface area contributed by atoms with E-state index in [-0.39, 0.29) is 11.6 Å². The molecular weight excluding hydrogens is 231 g/mol. The highest BCUT2D eigenvalue weighted by Gasteiger charge is 2.09. The Morgan fingerprint density at radius 3 is 2.61 bits per heavy atom. The van der Waals surface area contributed by atoms with Crippen LogP contribution in [0, 0.1) is 12.7 Å². The number of Topliss-reactive ketones (excluding diaryl/α,β-unsaturated/α-hetero) is 1. The number of H-pyrrole nitrogens is 1. The topological polar surface area (TPSA) is 45.8 Å². The van der Waals surface area contributed by atoms with Gasteiger partial charge in [-0.3, -0.25) is 0 Å². The van der Waals surface area contributed by atoms with E-state index in [2.05, 4.69) is 9.97 Å². The van der Waals surface area contributed by atoms with Crippen molar-refractivity contribution in [3.05, 3.63) is 41.6 Å². The number of benzene rings is 1. The molecule has 0 unspecified atom stereocenters. The average Bonchev–Trinajstić information content (AvgIpc) is 2.69. The summed E-state index contributed by atoms with van der Waals surface area (Å²) in [4.78, 5) is 18.5. The van der Waals surface area contributed by atoms with E-state index in [9.17, 15) is 9.18 Å². The summed E-state index contributed by atoms with van der Waals surface area (Å²) in [7, 11) is 0. The lowest BCUT2D eigenvalue weighted by atomic mass is 10.1. The standard InChI is InChI=1S/C14H15FN2O/c1-9(18)3-8-13-16-10(2)14(17-13)11-4-6-12(15)7-5-11/h4-7H,3,8H2,1-2H3,(H,16,17). The molecule has 0 fully saturated rings. The smallest absolute Gasteiger partial charge is 0.130 e. The van der Waals surface area contributed by atoms with Gasteiger partial charge in [-0.15, -0.1) is 0 Å². The average molecular weight is 246 g/mol. The van der Waals surface area contributed by atoms with Gasteiger partial charge < -0.3 is 9.78 Å². The number of aromatic nitrogens is 2. The minimum atomic E-state index is -0.260. The van der Waals surface area contributed by atoms with Gasteiger partial charge in [0, 0.05) is 24.1 Å². The Morgan fingerprint density at radius 2 is 2.00 bits per heavy atom. The first-order valence-corrected chi connectivity index (χ1v) is 5.87. The number of hydrogen-bond donors (Lipinski definition) is 1. The number of ketones is 1. The molecule has 1 aromatic heterocycles. The van der Waals surface area contributed by atoms with Crippen LogP contribution < -0.4 is 0 Å². The van der Waals surface area contributed by atoms with Crippen LogP contribution in [-0.4, -0.2) is 15.8 Å². The predicted molar refractivity (Wildman–Crippen MR) is 67.7 cm³/mol. The number of nitrogens with one attached hydrogen (secondary N) is 1. The first-order valence-electron chi connectivity index (χ1n) is 5.87. The highest BCUT2D eigenvalue weighted by atomic mass is 19.1. The first kappa shape index (κ1) is 12.5. The van der Waals surface area contributed by atoms with Crippen LogP contribution >= 0.6 is 0 Å². The van der Waals surface area contributed by atoms with Gasteiger partial charge in [0.25, 0.3) is 0 Å². The van der Waals surface area contributed by atoms with Crippen molar-refractivity contribution in [3.8, 4) is 11.3 Å². The van der Waals surface area contributed by atoms with Gasteiger partial charge in [-0.05, 0) is 38.1 Å². The Bertz CT molecular complexity index is 558. The van der Waals surface area contributed by atoms with Crippen LogP contribution in [0.25, 0.3) is 11.3 Å². The summed E-state index contributed by atoms with van der Waals surface area (Å²) in [6, 6.07) is 6.23. The van der Waals surface area contributed by atoms with Crippen molar-refractivity contribution in [1.82, 2.24) is 9.97 Å². The summed E-state index contributed by atoms with van der Waals surface area (Å²) in [5, 5.41) is 0. The Morgan fingerprint density at radius 1 is 1.33 bits per heavy atom. The van der Waals surface area contributed by atoms with Crippen LogP contribution in [0.3, 0.4) is 0 Å². The van der Waals surface area contributed by atoms with E-state index in [1.54, 1.807) is 19.1 Å². The van der Waals surface area contributed by atoms with Gasteiger partial charge in [-0.25, -0.2) is 9.37 Å². The van der Waals surface area contributed by atoms with Crippen LogP contribution in [0.1, 0.15) is 24.9 Å². The van der Waals surface area contributed by atoms with Crippen LogP contribution in [0.4, 0.5) is 4.39 Å². The number of carbonyl (C=O) groups excluding carboxylic acids is 1. The third kappa shape index (κ3) is 2.83. The summed E-state index contributed by atoms with van der Waals surface area (Å²) in [6.07, 6.45) is 1.09. The molecule has 1 heterocycles. The van der Waals surface area contributed by atoms with E-state index >= 15 is 0 Å². The van der Waals surface area contributed by atoms with E-state index in [4.69, 9.17) is 0 Å². The molecule has 3 nitrogen and oxygen atoms in total. The molecule has 94 valence electrons. The van der Waals surface area contributed by atoms with Crippen molar-refractivity contribution in [1.29, 1.82) is 0 Å². The fraction of sp³-hybridized carbons (Fsp3) is 0.286. The third-order valence-corrected chi connectivity index (χ3v) is 2.77. The summed E-state index contributed by atoms with van der Waals surface area (Å²) >= 11 is 0. The molecule has 1 aromatic carbocycles. The Labute approximate surface area is 105 Å². The maximum absolute atomic E-state index is 12.9. The molecule has 0 saturated heterocycles. The third-order valence-electron chi connectivity index (χ3n) is 2.77. The van der Waals surface area contributed by atoms with Crippen molar-refractivity contribution in [3.63, 3.8) is 0 Å². The summed E-state index contributed by atoms with van der Waals surface area (Å²) < 4.78 is 12.9. The number of imidazole rings is 1. The molecule has 0 atom stereocenters. The second-order valence-corrected chi connectivity index (χ2v) is 4.37. The van der Waals surface area contributed by atoms with Gasteiger partial charge in [-0.1, -0.05) is 0 Å². The van der Waals surface area contributed by atoms with Crippen LogP contribution in [0.5, 0.6) is 0 Å². The van der Waals surface area contributed by atoms with Gasteiger partial charge in [-0.2, -0.15) is 0 Å². The van der Waals surface area contributed by atoms with E-state index in [0.29, 0.717) is 12.8 Å². The highest BCUT2D eigenvalue weighted by molar-refractivity contribution is 5.75. The monoisotopic (exact) mass is 246 g/mol. The maximum Gasteiger partial charge on any atom is 0.130 e. The largest absolute Gasteiger partial charge is 0.346 e. The molecule has 0 radical (unpaired) electrons. The molecule has 1 N–H and O–H groups in total. The zero-order valence-corrected chi connectivity index (χ0v) is 10.5. The summed E-state index contributed by atoms with van der Waals surface area (Å²) in [6.45, 7) is 3.49. The number of halogens is 1. The van der Waals surface area contributed by atoms with E-state index in [0.717, 1.165) is 22.8 Å². The van der Waals surface area contributed by atoms with E-state index < -0.39 is 0 Å². The van der Waals surface area contributed by atoms with Crippen molar-refractivity contribution in [2.45, 2.75) is 26.7 Å². The van der Waals surface area contributed by atoms with Crippen molar-refractivity contribution in [2.75, 3.05) is 0 Å². The molecule has 2 aromatic rings. The number of hydrogen-bond acceptors (Lipinski definition) is 2. The lowest BCUT2D eigenvalue weighted by Gasteiger charge is -1.97. The minimum Gasteiger partial charge on any atom is -0.346 e. The maximum atomic E-state index is 12.9. The summed E-state index contributed by atoms with van der Waals surface area (Å²) in [5.74, 6) is 0.679. The quantitative estimate of drug-likeness (QED) is 0.901. The lowest BCUT2D eigenvalue weighted by Crippen LogP contribution is -1.95. The second-order valence-electron chi connectivity index (χ2n) is 4.37. The summed E-state index contributed by atoms with van der Waals surface area (Å²) in [5.41, 5.74) is 2.62. The Kier molecular flexibility index (Phi) is 3.55. The number of aromatic amines is 1. The molecular formula is C14H15FN2O. The van der Waals surface area contributed by atoms with Gasteiger partial charge in [0.05, 0.1) is 5.69 Å². The van der Waals surface area contributed by atoms with E-state index in [1.165, 1.54) is 12.1 Å². The SMILES string of the molecule is CC(=O)CCc1nc(-c2ccc(F)cc2)c(C)[nH]1. The number of aryl methyl sites for hydroxylation is 2. The van der Waals surface area contributed by atoms with Gasteiger partial charge in [0.2, 0.25) is 0 Å². The second kappa shape index (κ2) is 5.12. The Balaban J connectivity index is 2.23. The first-order chi connectivity index (χ1) is 8.56. The lowest BCUT2D eigenvalue weighted by molar-refractivity contribution is -0.117. The fourth-order valence-corrected chi connectivity index (χ4v) is 1.82. The number of nitrogens with zero attached hydrogens (tertiary/aromatic N) is 1. The molecule has 0 amide bonds. The minimum absolute atomic E-state index is 0.146. The van der Waals surface area contributed by atoms with Gasteiger partial charge >= 0.3 is 0 Å². The van der Waals surface area contributed by atoms with E-state index in [1.807, 2.05) is 6.92 Å². The molecule has 18 heavy (non-hydrogen) atoms. The highest BCUT2D eigenvalue weighted by Crippen LogP contribution is 2.21. The van der Waals surface area contributed by atoms with Gasteiger partial charge in [0.1, 0.15) is 17.4 Å². The van der Waals surface area contributed by atoms with Crippen LogP contribution in [0.2, 0.25) is 0 Å². The zero-order valence-electron chi connectivity index (χ0n) is 10.5. The zero-order chi connectivity index (χ0) is 13.1. The molecule has 2 rings (SSSR count). The van der Waals surface area contributed by atoms with Crippen molar-refractivity contribution in [2.24, 2.45) is 0 Å². The van der Waals surface area contributed by atoms with Crippen molar-refractivity contribution >= 4 is 5.78 Å². The van der Waals surface area contributed by atoms with Crippen LogP contribution in [0.15, 0.2) is 24.3 Å². The number of carbonyl (C=O) groups is 1. The van der Waals surface area contributed by atoms with Crippen molar-refractivity contribution < 1.29 is 9.18 Å². The number of rotatable bonds is 4. The molecule has 0 spiro atoms. The molecule has 0 bridgehead atoms. The van der Waals surface area contributed by atoms with Crippen LogP contribution in [-0.2, 0) is 11.2 Å². The molecule has 0 aliphatic carbocycles. The molecule has 0 saturated carbocycles. The molecule has 0 aliphatic heterocycles. The Hall–Kier alpha value is -1.97. The molecule has 4 heteroatoms.